The maximum Gasteiger partial charge on any atom is 0.440 e. The van der Waals surface area contributed by atoms with Crippen LogP contribution in [-0.4, -0.2) is 55.6 Å². The fourth-order valence-corrected chi connectivity index (χ4v) is 4.29. The number of rotatable bonds is 5. The molecule has 9 nitrogen and oxygen atoms in total. The standard InChI is InChI=1S/C18H23N3O6S/c1-10-8-13(11(2)12(3)16(10)28(7,24)25)15(22)14-9-19-20(4)17(14)27-18(23)21(5)26-6/h8-9H,1-7H3. The van der Waals surface area contributed by atoms with Gasteiger partial charge in [-0.25, -0.2) is 17.9 Å². The Kier molecular flexibility index (Phi) is 5.95. The Bertz CT molecular complexity index is 1060. The molecular formula is C18H23N3O6S. The van der Waals surface area contributed by atoms with Crippen molar-refractivity contribution >= 4 is 21.7 Å². The Labute approximate surface area is 163 Å². The predicted molar refractivity (Wildman–Crippen MR) is 101 cm³/mol. The quantitative estimate of drug-likeness (QED) is 0.549. The van der Waals surface area contributed by atoms with E-state index in [9.17, 15) is 18.0 Å². The first-order valence-corrected chi connectivity index (χ1v) is 10.2. The van der Waals surface area contributed by atoms with Gasteiger partial charge in [-0.2, -0.15) is 10.2 Å². The summed E-state index contributed by atoms with van der Waals surface area (Å²) < 4.78 is 30.6. The van der Waals surface area contributed by atoms with Crippen molar-refractivity contribution in [3.8, 4) is 5.88 Å². The second-order valence-corrected chi connectivity index (χ2v) is 8.41. The molecule has 152 valence electrons. The van der Waals surface area contributed by atoms with E-state index < -0.39 is 21.7 Å². The van der Waals surface area contributed by atoms with Crippen LogP contribution in [0.5, 0.6) is 5.88 Å². The Hall–Kier alpha value is -2.72. The monoisotopic (exact) mass is 409 g/mol. The molecule has 0 radical (unpaired) electrons. The summed E-state index contributed by atoms with van der Waals surface area (Å²) >= 11 is 0. The van der Waals surface area contributed by atoms with Crippen molar-refractivity contribution in [1.29, 1.82) is 0 Å². The number of sulfone groups is 1. The zero-order chi connectivity index (χ0) is 21.4. The highest BCUT2D eigenvalue weighted by atomic mass is 32.2. The highest BCUT2D eigenvalue weighted by Gasteiger charge is 2.26. The second kappa shape index (κ2) is 7.72. The van der Waals surface area contributed by atoms with Crippen LogP contribution in [-0.2, 0) is 21.7 Å². The number of ether oxygens (including phenoxy) is 1. The lowest BCUT2D eigenvalue weighted by Crippen LogP contribution is -2.29. The van der Waals surface area contributed by atoms with Gasteiger partial charge in [0.1, 0.15) is 5.56 Å². The normalized spacial score (nSPS) is 11.4. The molecule has 28 heavy (non-hydrogen) atoms. The fraction of sp³-hybridized carbons (Fsp3) is 0.389. The lowest BCUT2D eigenvalue weighted by Gasteiger charge is -2.16. The summed E-state index contributed by atoms with van der Waals surface area (Å²) in [5.41, 5.74) is 1.90. The van der Waals surface area contributed by atoms with Crippen molar-refractivity contribution in [1.82, 2.24) is 14.8 Å². The number of nitrogens with zero attached hydrogens (tertiary/aromatic N) is 3. The van der Waals surface area contributed by atoms with Gasteiger partial charge in [0.15, 0.2) is 15.6 Å². The van der Waals surface area contributed by atoms with E-state index in [1.807, 2.05) is 0 Å². The summed E-state index contributed by atoms with van der Waals surface area (Å²) in [4.78, 5) is 30.1. The molecule has 10 heteroatoms. The van der Waals surface area contributed by atoms with Crippen molar-refractivity contribution in [3.05, 3.63) is 40.1 Å². The van der Waals surface area contributed by atoms with E-state index in [4.69, 9.17) is 9.57 Å². The molecule has 0 atom stereocenters. The van der Waals surface area contributed by atoms with Crippen LogP contribution in [0.25, 0.3) is 0 Å². The molecule has 1 aromatic heterocycles. The number of hydroxylamine groups is 2. The number of ketones is 1. The van der Waals surface area contributed by atoms with Crippen LogP contribution in [0.3, 0.4) is 0 Å². The molecule has 0 unspecified atom stereocenters. The summed E-state index contributed by atoms with van der Waals surface area (Å²) in [6.45, 7) is 4.97. The lowest BCUT2D eigenvalue weighted by molar-refractivity contribution is -0.0796. The van der Waals surface area contributed by atoms with Crippen LogP contribution in [0, 0.1) is 20.8 Å². The van der Waals surface area contributed by atoms with Gasteiger partial charge >= 0.3 is 6.09 Å². The maximum absolute atomic E-state index is 13.1. The highest BCUT2D eigenvalue weighted by Crippen LogP contribution is 2.29. The molecule has 0 bridgehead atoms. The van der Waals surface area contributed by atoms with E-state index in [0.29, 0.717) is 22.3 Å². The third-order valence-corrected chi connectivity index (χ3v) is 5.86. The van der Waals surface area contributed by atoms with Crippen LogP contribution >= 0.6 is 0 Å². The molecule has 0 saturated heterocycles. The van der Waals surface area contributed by atoms with E-state index in [1.54, 1.807) is 20.8 Å². The van der Waals surface area contributed by atoms with E-state index in [1.165, 1.54) is 38.2 Å². The van der Waals surface area contributed by atoms with E-state index in [0.717, 1.165) is 11.3 Å². The molecule has 1 heterocycles. The first kappa shape index (κ1) is 21.6. The van der Waals surface area contributed by atoms with Gasteiger partial charge in [-0.1, -0.05) is 0 Å². The van der Waals surface area contributed by atoms with Gasteiger partial charge in [0, 0.05) is 25.9 Å². The average Bonchev–Trinajstić information content (AvgIpc) is 2.96. The summed E-state index contributed by atoms with van der Waals surface area (Å²) in [6.07, 6.45) is 1.61. The van der Waals surface area contributed by atoms with Gasteiger partial charge in [0.25, 0.3) is 0 Å². The molecule has 0 N–H and O–H groups in total. The van der Waals surface area contributed by atoms with Gasteiger partial charge in [0.05, 0.1) is 18.2 Å². The fourth-order valence-electron chi connectivity index (χ4n) is 2.93. The summed E-state index contributed by atoms with van der Waals surface area (Å²) in [5, 5.41) is 4.86. The molecule has 0 spiro atoms. The van der Waals surface area contributed by atoms with Crippen molar-refractivity contribution in [2.75, 3.05) is 20.4 Å². The Morgan fingerprint density at radius 1 is 1.14 bits per heavy atom. The number of hydrogen-bond donors (Lipinski definition) is 0. The summed E-state index contributed by atoms with van der Waals surface area (Å²) in [7, 11) is 0.750. The van der Waals surface area contributed by atoms with Crippen LogP contribution < -0.4 is 4.74 Å². The Balaban J connectivity index is 2.56. The summed E-state index contributed by atoms with van der Waals surface area (Å²) in [5.74, 6) is -0.472. The van der Waals surface area contributed by atoms with Crippen LogP contribution in [0.4, 0.5) is 4.79 Å². The molecule has 2 aromatic rings. The highest BCUT2D eigenvalue weighted by molar-refractivity contribution is 7.90. The number of benzene rings is 1. The average molecular weight is 409 g/mol. The smallest absolute Gasteiger partial charge is 0.389 e. The number of amides is 1. The zero-order valence-electron chi connectivity index (χ0n) is 16.9. The Morgan fingerprint density at radius 3 is 2.29 bits per heavy atom. The Morgan fingerprint density at radius 2 is 1.75 bits per heavy atom. The predicted octanol–water partition coefficient (Wildman–Crippen LogP) is 1.97. The molecule has 0 fully saturated rings. The molecule has 2 rings (SSSR count). The zero-order valence-corrected chi connectivity index (χ0v) is 17.7. The SMILES string of the molecule is CON(C)C(=O)Oc1c(C(=O)c2cc(C)c(S(C)(=O)=O)c(C)c2C)cnn1C. The van der Waals surface area contributed by atoms with E-state index in [-0.39, 0.29) is 16.3 Å². The molecule has 0 aliphatic heterocycles. The van der Waals surface area contributed by atoms with Crippen molar-refractivity contribution in [2.24, 2.45) is 7.05 Å². The first-order valence-electron chi connectivity index (χ1n) is 8.27. The third-order valence-electron chi connectivity index (χ3n) is 4.49. The number of carbonyl (C=O) groups is 2. The van der Waals surface area contributed by atoms with Crippen molar-refractivity contribution < 1.29 is 27.6 Å². The van der Waals surface area contributed by atoms with E-state index in [2.05, 4.69) is 5.10 Å². The van der Waals surface area contributed by atoms with Crippen LogP contribution in [0.1, 0.15) is 32.6 Å². The molecular weight excluding hydrogens is 386 g/mol. The largest absolute Gasteiger partial charge is 0.440 e. The molecule has 0 aliphatic carbocycles. The molecule has 0 aliphatic rings. The maximum atomic E-state index is 13.1. The molecule has 1 aromatic carbocycles. The first-order chi connectivity index (χ1) is 12.9. The minimum atomic E-state index is -3.44. The molecule has 0 saturated carbocycles. The summed E-state index contributed by atoms with van der Waals surface area (Å²) in [6, 6.07) is 1.53. The number of aryl methyl sites for hydroxylation is 2. The number of aromatic nitrogens is 2. The van der Waals surface area contributed by atoms with Gasteiger partial charge in [-0.15, -0.1) is 0 Å². The molecule has 1 amide bonds. The van der Waals surface area contributed by atoms with Gasteiger partial charge in [-0.05, 0) is 43.5 Å². The van der Waals surface area contributed by atoms with Crippen molar-refractivity contribution in [3.63, 3.8) is 0 Å². The third kappa shape index (κ3) is 3.92. The van der Waals surface area contributed by atoms with Crippen molar-refractivity contribution in [2.45, 2.75) is 25.7 Å². The number of hydrogen-bond acceptors (Lipinski definition) is 7. The van der Waals surface area contributed by atoms with Gasteiger partial charge < -0.3 is 4.74 Å². The van der Waals surface area contributed by atoms with Crippen LogP contribution in [0.15, 0.2) is 17.2 Å². The topological polar surface area (TPSA) is 108 Å². The minimum absolute atomic E-state index is 0.0409. The second-order valence-electron chi connectivity index (χ2n) is 6.46. The van der Waals surface area contributed by atoms with E-state index >= 15 is 0 Å². The van der Waals surface area contributed by atoms with Crippen LogP contribution in [0.2, 0.25) is 0 Å². The minimum Gasteiger partial charge on any atom is -0.389 e. The van der Waals surface area contributed by atoms with Gasteiger partial charge in [-0.3, -0.25) is 9.63 Å². The number of carbonyl (C=O) groups excluding carboxylic acids is 2. The van der Waals surface area contributed by atoms with Gasteiger partial charge in [0.2, 0.25) is 5.88 Å². The lowest BCUT2D eigenvalue weighted by atomic mass is 9.95.